The Bertz CT molecular complexity index is 318. The van der Waals surface area contributed by atoms with Crippen LogP contribution >= 0.6 is 0 Å². The zero-order chi connectivity index (χ0) is 11.6. The van der Waals surface area contributed by atoms with Crippen molar-refractivity contribution in [1.82, 2.24) is 0 Å². The summed E-state index contributed by atoms with van der Waals surface area (Å²) in [6, 6.07) is 0. The van der Waals surface area contributed by atoms with Gasteiger partial charge in [0.25, 0.3) is 0 Å². The highest BCUT2D eigenvalue weighted by Crippen LogP contribution is 2.67. The fourth-order valence-electron chi connectivity index (χ4n) is 5.26. The topological polar surface area (TPSA) is 37.3 Å². The molecule has 0 aromatic rings. The van der Waals surface area contributed by atoms with Crippen LogP contribution in [-0.2, 0) is 4.79 Å². The molecule has 0 unspecified atom stereocenters. The maximum atomic E-state index is 11.6. The summed E-state index contributed by atoms with van der Waals surface area (Å²) < 4.78 is 0. The first-order valence-electron chi connectivity index (χ1n) is 6.69. The summed E-state index contributed by atoms with van der Waals surface area (Å²) >= 11 is 0. The van der Waals surface area contributed by atoms with E-state index in [0.717, 1.165) is 19.3 Å². The molecule has 4 aliphatic carbocycles. The molecule has 4 rings (SSSR count). The van der Waals surface area contributed by atoms with Crippen molar-refractivity contribution in [3.05, 3.63) is 0 Å². The van der Waals surface area contributed by atoms with Crippen LogP contribution in [0.15, 0.2) is 0 Å². The summed E-state index contributed by atoms with van der Waals surface area (Å²) in [7, 11) is 0. The average Bonchev–Trinajstić information content (AvgIpc) is 2.14. The van der Waals surface area contributed by atoms with E-state index in [9.17, 15) is 9.90 Å². The Morgan fingerprint density at radius 1 is 1.19 bits per heavy atom. The molecule has 0 saturated heterocycles. The van der Waals surface area contributed by atoms with Crippen molar-refractivity contribution in [3.8, 4) is 0 Å². The molecule has 4 saturated carbocycles. The zero-order valence-electron chi connectivity index (χ0n) is 10.3. The van der Waals surface area contributed by atoms with Gasteiger partial charge in [-0.25, -0.2) is 0 Å². The lowest BCUT2D eigenvalue weighted by Crippen LogP contribution is -2.56. The highest BCUT2D eigenvalue weighted by molar-refractivity contribution is 5.75. The van der Waals surface area contributed by atoms with Crippen LogP contribution in [0.25, 0.3) is 0 Å². The lowest BCUT2D eigenvalue weighted by Gasteiger charge is -2.62. The van der Waals surface area contributed by atoms with E-state index in [0.29, 0.717) is 23.2 Å². The van der Waals surface area contributed by atoms with Gasteiger partial charge in [0.2, 0.25) is 0 Å². The lowest BCUT2D eigenvalue weighted by atomic mass is 9.42. The number of carboxylic acid groups (broad SMARTS) is 1. The quantitative estimate of drug-likeness (QED) is 0.778. The van der Waals surface area contributed by atoms with Crippen molar-refractivity contribution in [3.63, 3.8) is 0 Å². The summed E-state index contributed by atoms with van der Waals surface area (Å²) in [6.07, 6.45) is 6.80. The first kappa shape index (κ1) is 10.6. The van der Waals surface area contributed by atoms with Gasteiger partial charge in [0.15, 0.2) is 0 Å². The molecule has 2 atom stereocenters. The highest BCUT2D eigenvalue weighted by Gasteiger charge is 2.61. The fourth-order valence-corrected chi connectivity index (χ4v) is 5.26. The summed E-state index contributed by atoms with van der Waals surface area (Å²) in [5.41, 5.74) is 0.0246. The SMILES string of the molecule is CC(C)C12C[C@@H]3C[C@H](CC(C(=O)O)(C3)C1)C2. The summed E-state index contributed by atoms with van der Waals surface area (Å²) in [5, 5.41) is 9.57. The molecule has 0 aromatic heterocycles. The monoisotopic (exact) mass is 222 g/mol. The second-order valence-corrected chi connectivity index (χ2v) is 7.06. The van der Waals surface area contributed by atoms with E-state index in [4.69, 9.17) is 0 Å². The van der Waals surface area contributed by atoms with Crippen LogP contribution < -0.4 is 0 Å². The Morgan fingerprint density at radius 2 is 1.75 bits per heavy atom. The van der Waals surface area contributed by atoms with Gasteiger partial charge in [-0.3, -0.25) is 4.79 Å². The van der Waals surface area contributed by atoms with Crippen molar-refractivity contribution < 1.29 is 9.90 Å². The number of hydrogen-bond acceptors (Lipinski definition) is 1. The standard InChI is InChI=1S/C14H22O2/c1-9(2)13-4-10-3-11(5-13)7-14(6-10,8-13)12(15)16/h9-11H,3-8H2,1-2H3,(H,15,16)/t10-,11-,13?,14?/m0/s1. The van der Waals surface area contributed by atoms with Gasteiger partial charge >= 0.3 is 5.97 Å². The van der Waals surface area contributed by atoms with Crippen LogP contribution in [0.5, 0.6) is 0 Å². The first-order valence-corrected chi connectivity index (χ1v) is 6.69. The van der Waals surface area contributed by atoms with Gasteiger partial charge in [0.05, 0.1) is 5.41 Å². The van der Waals surface area contributed by atoms with E-state index >= 15 is 0 Å². The third-order valence-electron chi connectivity index (χ3n) is 5.78. The van der Waals surface area contributed by atoms with E-state index in [-0.39, 0.29) is 5.41 Å². The Labute approximate surface area is 97.4 Å². The Hall–Kier alpha value is -0.530. The van der Waals surface area contributed by atoms with Gasteiger partial charge in [-0.1, -0.05) is 13.8 Å². The minimum atomic E-state index is -0.508. The van der Waals surface area contributed by atoms with Crippen molar-refractivity contribution in [2.45, 2.75) is 52.4 Å². The second-order valence-electron chi connectivity index (χ2n) is 7.06. The van der Waals surface area contributed by atoms with Crippen molar-refractivity contribution in [1.29, 1.82) is 0 Å². The normalized spacial score (nSPS) is 49.9. The molecule has 0 amide bonds. The van der Waals surface area contributed by atoms with E-state index in [1.807, 2.05) is 0 Å². The Balaban J connectivity index is 2.00. The smallest absolute Gasteiger partial charge is 0.309 e. The summed E-state index contributed by atoms with van der Waals surface area (Å²) in [6.45, 7) is 4.59. The zero-order valence-corrected chi connectivity index (χ0v) is 10.3. The molecule has 90 valence electrons. The van der Waals surface area contributed by atoms with Gasteiger partial charge in [-0.15, -0.1) is 0 Å². The molecular formula is C14H22O2. The molecule has 4 aliphatic rings. The van der Waals surface area contributed by atoms with Gasteiger partial charge < -0.3 is 5.11 Å². The molecule has 0 heterocycles. The Kier molecular flexibility index (Phi) is 2.01. The largest absolute Gasteiger partial charge is 0.481 e. The van der Waals surface area contributed by atoms with Crippen LogP contribution in [0.1, 0.15) is 52.4 Å². The van der Waals surface area contributed by atoms with Crippen molar-refractivity contribution >= 4 is 5.97 Å². The molecule has 0 aliphatic heterocycles. The van der Waals surface area contributed by atoms with E-state index in [2.05, 4.69) is 13.8 Å². The third kappa shape index (κ3) is 1.22. The molecule has 4 fully saturated rings. The predicted molar refractivity (Wildman–Crippen MR) is 62.0 cm³/mol. The van der Waals surface area contributed by atoms with Gasteiger partial charge in [-0.2, -0.15) is 0 Å². The van der Waals surface area contributed by atoms with Crippen LogP contribution in [-0.4, -0.2) is 11.1 Å². The van der Waals surface area contributed by atoms with Gasteiger partial charge in [0.1, 0.15) is 0 Å². The van der Waals surface area contributed by atoms with E-state index in [1.54, 1.807) is 0 Å². The number of carboxylic acids is 1. The first-order chi connectivity index (χ1) is 7.46. The average molecular weight is 222 g/mol. The Morgan fingerprint density at radius 3 is 2.19 bits per heavy atom. The van der Waals surface area contributed by atoms with Gasteiger partial charge in [0, 0.05) is 0 Å². The minimum Gasteiger partial charge on any atom is -0.481 e. The molecule has 2 nitrogen and oxygen atoms in total. The molecule has 2 heteroatoms. The molecular weight excluding hydrogens is 200 g/mol. The fraction of sp³-hybridized carbons (Fsp3) is 0.929. The van der Waals surface area contributed by atoms with Gasteiger partial charge in [-0.05, 0) is 61.7 Å². The molecule has 0 spiro atoms. The highest BCUT2D eigenvalue weighted by atomic mass is 16.4. The van der Waals surface area contributed by atoms with Crippen LogP contribution in [0.3, 0.4) is 0 Å². The molecule has 4 bridgehead atoms. The molecule has 1 N–H and O–H groups in total. The van der Waals surface area contributed by atoms with Crippen molar-refractivity contribution in [2.75, 3.05) is 0 Å². The number of hydrogen-bond donors (Lipinski definition) is 1. The second kappa shape index (κ2) is 3.02. The van der Waals surface area contributed by atoms with Crippen LogP contribution in [0, 0.1) is 28.6 Å². The lowest BCUT2D eigenvalue weighted by molar-refractivity contribution is -0.179. The third-order valence-corrected chi connectivity index (χ3v) is 5.78. The van der Waals surface area contributed by atoms with Crippen LogP contribution in [0.4, 0.5) is 0 Å². The summed E-state index contributed by atoms with van der Waals surface area (Å²) in [4.78, 5) is 11.6. The minimum absolute atomic E-state index is 0.339. The molecule has 0 aromatic carbocycles. The van der Waals surface area contributed by atoms with E-state index in [1.165, 1.54) is 19.3 Å². The molecule has 0 radical (unpaired) electrons. The van der Waals surface area contributed by atoms with Crippen molar-refractivity contribution in [2.24, 2.45) is 28.6 Å². The number of aliphatic carboxylic acids is 1. The van der Waals surface area contributed by atoms with Crippen LogP contribution in [0.2, 0.25) is 0 Å². The van der Waals surface area contributed by atoms with E-state index < -0.39 is 5.97 Å². The summed E-state index contributed by atoms with van der Waals surface area (Å²) in [5.74, 6) is 1.56. The maximum Gasteiger partial charge on any atom is 0.309 e. The maximum absolute atomic E-state index is 11.6. The predicted octanol–water partition coefficient (Wildman–Crippen LogP) is 3.31. The molecule has 16 heavy (non-hydrogen) atoms. The number of carbonyl (C=O) groups is 1. The number of rotatable bonds is 2.